The number of aryl methyl sites for hydroxylation is 1. The number of hydrogen-bond donors (Lipinski definition) is 1. The zero-order chi connectivity index (χ0) is 12.0. The molecule has 0 radical (unpaired) electrons. The van der Waals surface area contributed by atoms with Crippen LogP contribution < -0.4 is 5.32 Å². The molecule has 0 unspecified atom stereocenters. The van der Waals surface area contributed by atoms with Gasteiger partial charge in [-0.05, 0) is 31.5 Å². The summed E-state index contributed by atoms with van der Waals surface area (Å²) in [4.78, 5) is 0. The summed E-state index contributed by atoms with van der Waals surface area (Å²) in [5.41, 5.74) is 0.637. The van der Waals surface area contributed by atoms with E-state index in [2.05, 4.69) is 5.32 Å². The third-order valence-electron chi connectivity index (χ3n) is 2.41. The Morgan fingerprint density at radius 2 is 2.00 bits per heavy atom. The van der Waals surface area contributed by atoms with Crippen molar-refractivity contribution in [1.82, 2.24) is 5.32 Å². The zero-order valence-corrected chi connectivity index (χ0v) is 9.65. The standard InChI is InChI=1S/C12H17F2NO/c1-9-3-4-11(13)10(12(9)14)5-6-15-7-8-16-2/h3-4,15H,5-8H2,1-2H3. The second-order valence-corrected chi connectivity index (χ2v) is 3.65. The third kappa shape index (κ3) is 3.54. The van der Waals surface area contributed by atoms with Crippen molar-refractivity contribution in [3.8, 4) is 0 Å². The predicted molar refractivity (Wildman–Crippen MR) is 59.5 cm³/mol. The molecule has 4 heteroatoms. The van der Waals surface area contributed by atoms with E-state index in [0.29, 0.717) is 31.7 Å². The van der Waals surface area contributed by atoms with Gasteiger partial charge in [0.1, 0.15) is 11.6 Å². The van der Waals surface area contributed by atoms with Crippen LogP contribution >= 0.6 is 0 Å². The second-order valence-electron chi connectivity index (χ2n) is 3.65. The molecule has 0 spiro atoms. The normalized spacial score (nSPS) is 10.8. The smallest absolute Gasteiger partial charge is 0.132 e. The lowest BCUT2D eigenvalue weighted by molar-refractivity contribution is 0.199. The summed E-state index contributed by atoms with van der Waals surface area (Å²) in [5.74, 6) is -0.912. The Morgan fingerprint density at radius 3 is 2.69 bits per heavy atom. The highest BCUT2D eigenvalue weighted by molar-refractivity contribution is 5.26. The first-order valence-electron chi connectivity index (χ1n) is 5.30. The van der Waals surface area contributed by atoms with Crippen molar-refractivity contribution in [1.29, 1.82) is 0 Å². The maximum Gasteiger partial charge on any atom is 0.132 e. The van der Waals surface area contributed by atoms with Crippen molar-refractivity contribution in [2.45, 2.75) is 13.3 Å². The van der Waals surface area contributed by atoms with Crippen molar-refractivity contribution in [3.05, 3.63) is 34.9 Å². The second kappa shape index (κ2) is 6.55. The molecular weight excluding hydrogens is 212 g/mol. The molecule has 1 N–H and O–H groups in total. The van der Waals surface area contributed by atoms with E-state index in [-0.39, 0.29) is 5.56 Å². The van der Waals surface area contributed by atoms with Crippen molar-refractivity contribution in [3.63, 3.8) is 0 Å². The summed E-state index contributed by atoms with van der Waals surface area (Å²) in [7, 11) is 1.61. The monoisotopic (exact) mass is 229 g/mol. The van der Waals surface area contributed by atoms with Crippen LogP contribution in [0.2, 0.25) is 0 Å². The van der Waals surface area contributed by atoms with E-state index in [0.717, 1.165) is 0 Å². The van der Waals surface area contributed by atoms with E-state index >= 15 is 0 Å². The molecule has 0 aliphatic carbocycles. The molecule has 0 aliphatic rings. The van der Waals surface area contributed by atoms with Gasteiger partial charge in [-0.15, -0.1) is 0 Å². The van der Waals surface area contributed by atoms with Gasteiger partial charge in [0.25, 0.3) is 0 Å². The first-order valence-corrected chi connectivity index (χ1v) is 5.30. The van der Waals surface area contributed by atoms with Crippen LogP contribution in [-0.4, -0.2) is 26.8 Å². The quantitative estimate of drug-likeness (QED) is 0.754. The molecule has 0 bridgehead atoms. The number of benzene rings is 1. The highest BCUT2D eigenvalue weighted by Gasteiger charge is 2.10. The van der Waals surface area contributed by atoms with E-state index in [9.17, 15) is 8.78 Å². The van der Waals surface area contributed by atoms with Crippen LogP contribution in [0.4, 0.5) is 8.78 Å². The van der Waals surface area contributed by atoms with E-state index in [4.69, 9.17) is 4.74 Å². The topological polar surface area (TPSA) is 21.3 Å². The highest BCUT2D eigenvalue weighted by atomic mass is 19.1. The van der Waals surface area contributed by atoms with Gasteiger partial charge in [-0.3, -0.25) is 0 Å². The average Bonchev–Trinajstić information content (AvgIpc) is 2.28. The molecule has 0 heterocycles. The van der Waals surface area contributed by atoms with Crippen LogP contribution in [-0.2, 0) is 11.2 Å². The summed E-state index contributed by atoms with van der Waals surface area (Å²) in [6, 6.07) is 2.76. The van der Waals surface area contributed by atoms with Crippen molar-refractivity contribution < 1.29 is 13.5 Å². The van der Waals surface area contributed by atoms with Crippen LogP contribution in [0.5, 0.6) is 0 Å². The van der Waals surface area contributed by atoms with Gasteiger partial charge < -0.3 is 10.1 Å². The molecule has 0 amide bonds. The minimum atomic E-state index is -0.475. The molecule has 0 aliphatic heterocycles. The molecule has 0 fully saturated rings. The lowest BCUT2D eigenvalue weighted by Crippen LogP contribution is -2.22. The Hall–Kier alpha value is -1.00. The van der Waals surface area contributed by atoms with Crippen molar-refractivity contribution in [2.75, 3.05) is 26.8 Å². The number of halogens is 2. The highest BCUT2D eigenvalue weighted by Crippen LogP contribution is 2.16. The molecule has 0 atom stereocenters. The van der Waals surface area contributed by atoms with Crippen LogP contribution in [0, 0.1) is 18.6 Å². The summed E-state index contributed by atoms with van der Waals surface area (Å²) >= 11 is 0. The molecule has 16 heavy (non-hydrogen) atoms. The summed E-state index contributed by atoms with van der Waals surface area (Å²) in [6.45, 7) is 3.46. The molecule has 0 saturated heterocycles. The molecule has 1 aromatic rings. The number of ether oxygens (including phenoxy) is 1. The van der Waals surface area contributed by atoms with Gasteiger partial charge in [0.2, 0.25) is 0 Å². The van der Waals surface area contributed by atoms with Gasteiger partial charge in [-0.25, -0.2) is 8.78 Å². The molecule has 0 saturated carbocycles. The van der Waals surface area contributed by atoms with Gasteiger partial charge in [-0.1, -0.05) is 6.07 Å². The minimum Gasteiger partial charge on any atom is -0.383 e. The fourth-order valence-corrected chi connectivity index (χ4v) is 1.46. The maximum atomic E-state index is 13.5. The van der Waals surface area contributed by atoms with Gasteiger partial charge in [0.05, 0.1) is 6.61 Å². The largest absolute Gasteiger partial charge is 0.383 e. The molecule has 2 nitrogen and oxygen atoms in total. The van der Waals surface area contributed by atoms with E-state index in [1.165, 1.54) is 12.1 Å². The Morgan fingerprint density at radius 1 is 1.25 bits per heavy atom. The van der Waals surface area contributed by atoms with Crippen molar-refractivity contribution in [2.24, 2.45) is 0 Å². The Balaban J connectivity index is 2.50. The van der Waals surface area contributed by atoms with Crippen molar-refractivity contribution >= 4 is 0 Å². The Kier molecular flexibility index (Phi) is 5.35. The van der Waals surface area contributed by atoms with Gasteiger partial charge in [0, 0.05) is 19.2 Å². The fraction of sp³-hybridized carbons (Fsp3) is 0.500. The lowest BCUT2D eigenvalue weighted by atomic mass is 10.1. The molecule has 1 aromatic carbocycles. The number of rotatable bonds is 6. The fourth-order valence-electron chi connectivity index (χ4n) is 1.46. The molecule has 90 valence electrons. The van der Waals surface area contributed by atoms with Crippen LogP contribution in [0.3, 0.4) is 0 Å². The zero-order valence-electron chi connectivity index (χ0n) is 9.65. The Labute approximate surface area is 94.6 Å². The lowest BCUT2D eigenvalue weighted by Gasteiger charge is -2.08. The SMILES string of the molecule is COCCNCCc1c(F)ccc(C)c1F. The van der Waals surface area contributed by atoms with Crippen LogP contribution in [0.15, 0.2) is 12.1 Å². The van der Waals surface area contributed by atoms with E-state index in [1.54, 1.807) is 14.0 Å². The molecule has 1 rings (SSSR count). The minimum absolute atomic E-state index is 0.157. The molecule has 0 aromatic heterocycles. The van der Waals surface area contributed by atoms with Gasteiger partial charge in [0.15, 0.2) is 0 Å². The molecular formula is C12H17F2NO. The Bertz CT molecular complexity index is 342. The first kappa shape index (κ1) is 13.1. The maximum absolute atomic E-state index is 13.5. The first-order chi connectivity index (χ1) is 7.66. The third-order valence-corrected chi connectivity index (χ3v) is 2.41. The summed E-state index contributed by atoms with van der Waals surface area (Å²) in [5, 5.41) is 3.05. The predicted octanol–water partition coefficient (Wildman–Crippen LogP) is 2.05. The van der Waals surface area contributed by atoms with Crippen LogP contribution in [0.1, 0.15) is 11.1 Å². The van der Waals surface area contributed by atoms with Gasteiger partial charge in [-0.2, -0.15) is 0 Å². The van der Waals surface area contributed by atoms with Crippen LogP contribution in [0.25, 0.3) is 0 Å². The van der Waals surface area contributed by atoms with E-state index < -0.39 is 11.6 Å². The average molecular weight is 229 g/mol. The number of hydrogen-bond acceptors (Lipinski definition) is 2. The number of methoxy groups -OCH3 is 1. The van der Waals surface area contributed by atoms with Gasteiger partial charge >= 0.3 is 0 Å². The summed E-state index contributed by atoms with van der Waals surface area (Å²) < 4.78 is 31.7. The van der Waals surface area contributed by atoms with E-state index in [1.807, 2.05) is 0 Å². The number of nitrogens with one attached hydrogen (secondary N) is 1. The summed E-state index contributed by atoms with van der Waals surface area (Å²) in [6.07, 6.45) is 0.350.